The van der Waals surface area contributed by atoms with Gasteiger partial charge in [-0.05, 0) is 30.9 Å². The number of benzene rings is 1. The number of nitrogens with two attached hydrogens (primary N) is 1. The summed E-state index contributed by atoms with van der Waals surface area (Å²) in [5.41, 5.74) is 6.74. The molecule has 0 heterocycles. The molecule has 2 atom stereocenters. The van der Waals surface area contributed by atoms with Crippen molar-refractivity contribution in [2.45, 2.75) is 32.7 Å². The van der Waals surface area contributed by atoms with E-state index in [9.17, 15) is 4.79 Å². The SMILES string of the molecule is COc1ccccc1CC(C)CC(=O)N(C)C(C)CN. The number of carbonyl (C=O) groups is 1. The summed E-state index contributed by atoms with van der Waals surface area (Å²) in [4.78, 5) is 13.9. The average Bonchev–Trinajstić information content (AvgIpc) is 2.45. The lowest BCUT2D eigenvalue weighted by molar-refractivity contribution is -0.132. The zero-order valence-electron chi connectivity index (χ0n) is 12.9. The maximum atomic E-state index is 12.1. The molecule has 0 aliphatic carbocycles. The number of para-hydroxylation sites is 1. The van der Waals surface area contributed by atoms with Crippen LogP contribution in [0.15, 0.2) is 24.3 Å². The van der Waals surface area contributed by atoms with Gasteiger partial charge in [-0.25, -0.2) is 0 Å². The normalized spacial score (nSPS) is 13.7. The van der Waals surface area contributed by atoms with Crippen LogP contribution in [0.5, 0.6) is 5.75 Å². The standard InChI is InChI=1S/C16H26N2O2/c1-12(10-16(19)18(3)13(2)11-17)9-14-7-5-6-8-15(14)20-4/h5-8,12-13H,9-11,17H2,1-4H3. The van der Waals surface area contributed by atoms with Gasteiger partial charge in [0.25, 0.3) is 0 Å². The molecule has 0 saturated heterocycles. The molecule has 1 aromatic carbocycles. The highest BCUT2D eigenvalue weighted by Crippen LogP contribution is 2.22. The summed E-state index contributed by atoms with van der Waals surface area (Å²) in [6, 6.07) is 8.03. The highest BCUT2D eigenvalue weighted by Gasteiger charge is 2.18. The van der Waals surface area contributed by atoms with Gasteiger partial charge < -0.3 is 15.4 Å². The maximum Gasteiger partial charge on any atom is 0.222 e. The van der Waals surface area contributed by atoms with E-state index in [1.165, 1.54) is 0 Å². The zero-order valence-corrected chi connectivity index (χ0v) is 12.9. The highest BCUT2D eigenvalue weighted by atomic mass is 16.5. The molecule has 0 fully saturated rings. The first-order chi connectivity index (χ1) is 9.49. The van der Waals surface area contributed by atoms with Gasteiger partial charge in [0.1, 0.15) is 5.75 Å². The van der Waals surface area contributed by atoms with Crippen molar-refractivity contribution in [3.8, 4) is 5.75 Å². The molecule has 1 amide bonds. The highest BCUT2D eigenvalue weighted by molar-refractivity contribution is 5.76. The molecule has 0 aliphatic heterocycles. The summed E-state index contributed by atoms with van der Waals surface area (Å²) in [6.45, 7) is 4.54. The Labute approximate surface area is 121 Å². The van der Waals surface area contributed by atoms with Crippen LogP contribution < -0.4 is 10.5 Å². The van der Waals surface area contributed by atoms with E-state index in [0.29, 0.717) is 13.0 Å². The Morgan fingerprint density at radius 3 is 2.60 bits per heavy atom. The molecule has 0 bridgehead atoms. The molecule has 4 nitrogen and oxygen atoms in total. The van der Waals surface area contributed by atoms with Crippen molar-refractivity contribution in [1.29, 1.82) is 0 Å². The fourth-order valence-corrected chi connectivity index (χ4v) is 2.17. The summed E-state index contributed by atoms with van der Waals surface area (Å²) < 4.78 is 5.34. The number of carbonyl (C=O) groups excluding carboxylic acids is 1. The van der Waals surface area contributed by atoms with Crippen LogP contribution in [-0.4, -0.2) is 37.6 Å². The zero-order chi connectivity index (χ0) is 15.1. The molecule has 1 rings (SSSR count). The lowest BCUT2D eigenvalue weighted by Gasteiger charge is -2.25. The van der Waals surface area contributed by atoms with Crippen LogP contribution in [-0.2, 0) is 11.2 Å². The van der Waals surface area contributed by atoms with Crippen molar-refractivity contribution < 1.29 is 9.53 Å². The first-order valence-corrected chi connectivity index (χ1v) is 7.07. The Morgan fingerprint density at radius 2 is 2.00 bits per heavy atom. The number of rotatable bonds is 7. The van der Waals surface area contributed by atoms with Gasteiger partial charge in [0, 0.05) is 26.1 Å². The van der Waals surface area contributed by atoms with E-state index in [0.717, 1.165) is 17.7 Å². The molecular formula is C16H26N2O2. The van der Waals surface area contributed by atoms with Gasteiger partial charge in [0.05, 0.1) is 7.11 Å². The Kier molecular flexibility index (Phi) is 6.52. The minimum absolute atomic E-state index is 0.0842. The maximum absolute atomic E-state index is 12.1. The molecule has 1 aromatic rings. The molecule has 0 aromatic heterocycles. The number of nitrogens with zero attached hydrogens (tertiary/aromatic N) is 1. The molecule has 0 spiro atoms. The van der Waals surface area contributed by atoms with Crippen molar-refractivity contribution in [3.05, 3.63) is 29.8 Å². The molecule has 4 heteroatoms. The van der Waals surface area contributed by atoms with Crippen LogP contribution in [0.3, 0.4) is 0 Å². The largest absolute Gasteiger partial charge is 0.496 e. The van der Waals surface area contributed by atoms with E-state index in [4.69, 9.17) is 10.5 Å². The molecule has 2 N–H and O–H groups in total. The van der Waals surface area contributed by atoms with Crippen molar-refractivity contribution in [1.82, 2.24) is 4.90 Å². The minimum Gasteiger partial charge on any atom is -0.496 e. The second-order valence-corrected chi connectivity index (χ2v) is 5.41. The summed E-state index contributed by atoms with van der Waals surface area (Å²) in [5.74, 6) is 1.30. The van der Waals surface area contributed by atoms with E-state index in [1.807, 2.05) is 38.2 Å². The van der Waals surface area contributed by atoms with E-state index in [1.54, 1.807) is 12.0 Å². The van der Waals surface area contributed by atoms with Gasteiger partial charge in [-0.3, -0.25) is 4.79 Å². The molecule has 0 saturated carbocycles. The second-order valence-electron chi connectivity index (χ2n) is 5.41. The summed E-state index contributed by atoms with van der Waals surface area (Å²) in [5, 5.41) is 0. The fourth-order valence-electron chi connectivity index (χ4n) is 2.17. The van der Waals surface area contributed by atoms with Crippen molar-refractivity contribution in [3.63, 3.8) is 0 Å². The number of hydrogen-bond donors (Lipinski definition) is 1. The van der Waals surface area contributed by atoms with Gasteiger partial charge in [-0.1, -0.05) is 25.1 Å². The van der Waals surface area contributed by atoms with E-state index in [2.05, 4.69) is 6.92 Å². The third kappa shape index (κ3) is 4.53. The lowest BCUT2D eigenvalue weighted by atomic mass is 9.96. The third-order valence-electron chi connectivity index (χ3n) is 3.68. The van der Waals surface area contributed by atoms with Crippen LogP contribution in [0.25, 0.3) is 0 Å². The Hall–Kier alpha value is -1.55. The Bertz CT molecular complexity index is 434. The van der Waals surface area contributed by atoms with Crippen LogP contribution in [0, 0.1) is 5.92 Å². The van der Waals surface area contributed by atoms with Crippen molar-refractivity contribution >= 4 is 5.91 Å². The van der Waals surface area contributed by atoms with Crippen molar-refractivity contribution in [2.24, 2.45) is 11.7 Å². The average molecular weight is 278 g/mol. The lowest BCUT2D eigenvalue weighted by Crippen LogP contribution is -2.40. The molecule has 20 heavy (non-hydrogen) atoms. The number of likely N-dealkylation sites (N-methyl/N-ethyl adjacent to an activating group) is 1. The Balaban J connectivity index is 2.59. The van der Waals surface area contributed by atoms with Gasteiger partial charge in [-0.2, -0.15) is 0 Å². The molecule has 0 radical (unpaired) electrons. The summed E-state index contributed by atoms with van der Waals surface area (Å²) in [7, 11) is 3.49. The van der Waals surface area contributed by atoms with Crippen LogP contribution in [0.4, 0.5) is 0 Å². The van der Waals surface area contributed by atoms with E-state index < -0.39 is 0 Å². The van der Waals surface area contributed by atoms with Gasteiger partial charge in [0.2, 0.25) is 5.91 Å². The van der Waals surface area contributed by atoms with E-state index in [-0.39, 0.29) is 17.9 Å². The number of methoxy groups -OCH3 is 1. The van der Waals surface area contributed by atoms with Crippen LogP contribution in [0.2, 0.25) is 0 Å². The molecule has 0 aliphatic rings. The first kappa shape index (κ1) is 16.5. The fraction of sp³-hybridized carbons (Fsp3) is 0.562. The van der Waals surface area contributed by atoms with Gasteiger partial charge in [0.15, 0.2) is 0 Å². The molecule has 2 unspecified atom stereocenters. The predicted octanol–water partition coefficient (Wildman–Crippen LogP) is 2.07. The Morgan fingerprint density at radius 1 is 1.35 bits per heavy atom. The molecular weight excluding hydrogens is 252 g/mol. The topological polar surface area (TPSA) is 55.6 Å². The number of amides is 1. The quantitative estimate of drug-likeness (QED) is 0.830. The smallest absolute Gasteiger partial charge is 0.222 e. The summed E-state index contributed by atoms with van der Waals surface area (Å²) in [6.07, 6.45) is 1.36. The number of hydrogen-bond acceptors (Lipinski definition) is 3. The molecule has 112 valence electrons. The number of ether oxygens (including phenoxy) is 1. The first-order valence-electron chi connectivity index (χ1n) is 7.07. The monoisotopic (exact) mass is 278 g/mol. The van der Waals surface area contributed by atoms with Crippen LogP contribution in [0.1, 0.15) is 25.8 Å². The van der Waals surface area contributed by atoms with Crippen LogP contribution >= 0.6 is 0 Å². The van der Waals surface area contributed by atoms with Crippen molar-refractivity contribution in [2.75, 3.05) is 20.7 Å². The second kappa shape index (κ2) is 7.90. The summed E-state index contributed by atoms with van der Waals surface area (Å²) >= 11 is 0. The van der Waals surface area contributed by atoms with E-state index >= 15 is 0 Å². The minimum atomic E-state index is 0.0842. The third-order valence-corrected chi connectivity index (χ3v) is 3.68. The van der Waals surface area contributed by atoms with Gasteiger partial charge >= 0.3 is 0 Å². The van der Waals surface area contributed by atoms with Gasteiger partial charge in [-0.15, -0.1) is 0 Å². The predicted molar refractivity (Wildman–Crippen MR) is 81.8 cm³/mol.